The monoisotopic (exact) mass is 613 g/mol. The van der Waals surface area contributed by atoms with Gasteiger partial charge in [0, 0.05) is 54.7 Å². The Morgan fingerprint density at radius 1 is 1.00 bits per heavy atom. The smallest absolute Gasteiger partial charge is 0.470 e. The van der Waals surface area contributed by atoms with Gasteiger partial charge in [0.15, 0.2) is 5.78 Å². The average molecular weight is 614 g/mol. The van der Waals surface area contributed by atoms with Crippen LogP contribution < -0.4 is 10.3 Å². The number of methoxy groups -OCH3 is 2. The number of rotatable bonds is 10. The molecule has 1 atom stereocenters. The van der Waals surface area contributed by atoms with Gasteiger partial charge < -0.3 is 18.5 Å². The molecule has 0 spiro atoms. The molecule has 2 aromatic carbocycles. The predicted octanol–water partition coefficient (Wildman–Crippen LogP) is 5.58. The predicted molar refractivity (Wildman–Crippen MR) is 150 cm³/mol. The van der Waals surface area contributed by atoms with Gasteiger partial charge in [-0.05, 0) is 47.9 Å². The molecular weight excluding hydrogens is 591 g/mol. The van der Waals surface area contributed by atoms with Gasteiger partial charge in [0.2, 0.25) is 5.89 Å². The van der Waals surface area contributed by atoms with Gasteiger partial charge >= 0.3 is 12.1 Å². The number of alkyl halides is 3. The zero-order valence-electron chi connectivity index (χ0n) is 22.8. The first kappa shape index (κ1) is 29.9. The van der Waals surface area contributed by atoms with Crippen LogP contribution in [0.15, 0.2) is 70.3 Å². The Kier molecular flexibility index (Phi) is 8.55. The molecule has 0 amide bonds. The second kappa shape index (κ2) is 12.3. The second-order valence-electron chi connectivity index (χ2n) is 9.42. The Morgan fingerprint density at radius 3 is 2.47 bits per heavy atom. The SMILES string of the molecule is COCC[C@@H](C(=O)Cc1ccc2nccnc2c1)n1cc(OC)c(-c2cc(Cl)ccc2-c2nnc(C(F)(F)F)o2)cc1=O. The first-order chi connectivity index (χ1) is 20.6. The summed E-state index contributed by atoms with van der Waals surface area (Å²) >= 11 is 6.22. The van der Waals surface area contributed by atoms with E-state index in [-0.39, 0.29) is 52.7 Å². The molecule has 222 valence electrons. The van der Waals surface area contributed by atoms with Crippen LogP contribution in [0, 0.1) is 0 Å². The Labute approximate surface area is 247 Å². The van der Waals surface area contributed by atoms with Crippen molar-refractivity contribution in [1.82, 2.24) is 24.7 Å². The van der Waals surface area contributed by atoms with Gasteiger partial charge in [-0.2, -0.15) is 13.2 Å². The fourth-order valence-corrected chi connectivity index (χ4v) is 4.81. The fourth-order valence-electron chi connectivity index (χ4n) is 4.64. The third-order valence-corrected chi connectivity index (χ3v) is 6.88. The first-order valence-corrected chi connectivity index (χ1v) is 13.2. The number of carbonyl (C=O) groups excluding carboxylic acids is 1. The molecule has 0 saturated heterocycles. The van der Waals surface area contributed by atoms with E-state index in [0.29, 0.717) is 16.6 Å². The maximum Gasteiger partial charge on any atom is 0.470 e. The van der Waals surface area contributed by atoms with Crippen molar-refractivity contribution < 1.29 is 31.9 Å². The highest BCUT2D eigenvalue weighted by atomic mass is 35.5. The molecule has 5 aromatic rings. The molecule has 3 heterocycles. The number of hydrogen-bond acceptors (Lipinski definition) is 9. The third kappa shape index (κ3) is 6.42. The maximum atomic E-state index is 13.6. The van der Waals surface area contributed by atoms with Crippen LogP contribution in [0.1, 0.15) is 23.9 Å². The van der Waals surface area contributed by atoms with Crippen molar-refractivity contribution in [3.05, 3.63) is 87.9 Å². The lowest BCUT2D eigenvalue weighted by molar-refractivity contribution is -0.157. The largest absolute Gasteiger partial charge is 0.495 e. The molecule has 0 bridgehead atoms. The number of pyridine rings is 1. The number of fused-ring (bicyclic) bond motifs is 1. The van der Waals surface area contributed by atoms with Crippen LogP contribution in [0.5, 0.6) is 5.75 Å². The van der Waals surface area contributed by atoms with Crippen molar-refractivity contribution in [3.8, 4) is 28.3 Å². The zero-order valence-corrected chi connectivity index (χ0v) is 23.5. The van der Waals surface area contributed by atoms with E-state index in [1.165, 1.54) is 49.2 Å². The molecule has 0 saturated carbocycles. The summed E-state index contributed by atoms with van der Waals surface area (Å²) in [5.74, 6) is -2.07. The molecule has 0 N–H and O–H groups in total. The van der Waals surface area contributed by atoms with Gasteiger partial charge in [-0.1, -0.05) is 17.7 Å². The van der Waals surface area contributed by atoms with Crippen molar-refractivity contribution in [3.63, 3.8) is 0 Å². The van der Waals surface area contributed by atoms with Crippen LogP contribution in [0.3, 0.4) is 0 Å². The van der Waals surface area contributed by atoms with Gasteiger partial charge in [0.25, 0.3) is 5.56 Å². The van der Waals surface area contributed by atoms with Gasteiger partial charge in [0.05, 0.1) is 30.4 Å². The van der Waals surface area contributed by atoms with Crippen LogP contribution >= 0.6 is 11.6 Å². The Bertz CT molecular complexity index is 1860. The molecular formula is C29H23ClF3N5O5. The molecule has 0 unspecified atom stereocenters. The summed E-state index contributed by atoms with van der Waals surface area (Å²) in [5.41, 5.74) is 1.93. The Morgan fingerprint density at radius 2 is 1.77 bits per heavy atom. The van der Waals surface area contributed by atoms with Crippen molar-refractivity contribution in [2.45, 2.75) is 25.1 Å². The topological polar surface area (TPSA) is 122 Å². The lowest BCUT2D eigenvalue weighted by atomic mass is 9.98. The lowest BCUT2D eigenvalue weighted by Gasteiger charge is -2.21. The maximum absolute atomic E-state index is 13.6. The number of aromatic nitrogens is 5. The molecule has 0 aliphatic carbocycles. The number of ketones is 1. The summed E-state index contributed by atoms with van der Waals surface area (Å²) in [6.07, 6.45) is -0.140. The van der Waals surface area contributed by atoms with Crippen molar-refractivity contribution >= 4 is 28.4 Å². The lowest BCUT2D eigenvalue weighted by Crippen LogP contribution is -2.31. The van der Waals surface area contributed by atoms with Crippen LogP contribution in [0.2, 0.25) is 5.02 Å². The quantitative estimate of drug-likeness (QED) is 0.199. The van der Waals surface area contributed by atoms with Crippen LogP contribution in [0.25, 0.3) is 33.6 Å². The minimum atomic E-state index is -4.85. The molecule has 0 aliphatic rings. The first-order valence-electron chi connectivity index (χ1n) is 12.8. The van der Waals surface area contributed by atoms with E-state index in [9.17, 15) is 22.8 Å². The molecule has 43 heavy (non-hydrogen) atoms. The number of Topliss-reactive ketones (excluding diaryl/α,β-unsaturated/α-hetero) is 1. The number of carbonyl (C=O) groups is 1. The van der Waals surface area contributed by atoms with Gasteiger partial charge in [-0.3, -0.25) is 19.6 Å². The van der Waals surface area contributed by atoms with Crippen LogP contribution in [-0.2, 0) is 22.1 Å². The molecule has 5 rings (SSSR count). The van der Waals surface area contributed by atoms with E-state index in [4.69, 9.17) is 25.5 Å². The van der Waals surface area contributed by atoms with Crippen molar-refractivity contribution in [1.29, 1.82) is 0 Å². The van der Waals surface area contributed by atoms with E-state index in [0.717, 1.165) is 0 Å². The number of ether oxygens (including phenoxy) is 2. The summed E-state index contributed by atoms with van der Waals surface area (Å²) in [6.45, 7) is 0.188. The highest BCUT2D eigenvalue weighted by Crippen LogP contribution is 2.39. The van der Waals surface area contributed by atoms with E-state index < -0.39 is 29.6 Å². The Balaban J connectivity index is 1.55. The van der Waals surface area contributed by atoms with Crippen LogP contribution in [0.4, 0.5) is 13.2 Å². The molecule has 0 aliphatic heterocycles. The van der Waals surface area contributed by atoms with Gasteiger partial charge in [-0.25, -0.2) is 0 Å². The van der Waals surface area contributed by atoms with Gasteiger partial charge in [0.1, 0.15) is 5.75 Å². The van der Waals surface area contributed by atoms with Crippen molar-refractivity contribution in [2.24, 2.45) is 0 Å². The minimum Gasteiger partial charge on any atom is -0.495 e. The number of halogens is 4. The van der Waals surface area contributed by atoms with E-state index in [1.54, 1.807) is 30.6 Å². The van der Waals surface area contributed by atoms with Crippen LogP contribution in [-0.4, -0.2) is 51.3 Å². The van der Waals surface area contributed by atoms with E-state index in [1.807, 2.05) is 0 Å². The normalized spacial score (nSPS) is 12.4. The fraction of sp³-hybridized carbons (Fsp3) is 0.241. The molecule has 0 radical (unpaired) electrons. The third-order valence-electron chi connectivity index (χ3n) is 6.65. The van der Waals surface area contributed by atoms with Gasteiger partial charge in [-0.15, -0.1) is 10.2 Å². The standard InChI is InChI=1S/C29H23ClF3N5O5/c1-41-10-7-23(24(39)12-16-3-6-21-22(11-16)35-9-8-34-21)38-15-25(42-2)20(14-26(38)40)19-13-17(30)4-5-18(19)27-36-37-28(43-27)29(31,32)33/h3-6,8-9,11,13-15,23H,7,10,12H2,1-2H3/t23-/m0/s1. The van der Waals surface area contributed by atoms with Crippen molar-refractivity contribution in [2.75, 3.05) is 20.8 Å². The molecule has 14 heteroatoms. The molecule has 0 fully saturated rings. The number of benzene rings is 2. The zero-order chi connectivity index (χ0) is 30.7. The Hall–Kier alpha value is -4.62. The summed E-state index contributed by atoms with van der Waals surface area (Å²) in [5, 5.41) is 6.86. The highest BCUT2D eigenvalue weighted by Gasteiger charge is 2.38. The second-order valence-corrected chi connectivity index (χ2v) is 9.86. The number of hydrogen-bond donors (Lipinski definition) is 0. The molecule has 3 aromatic heterocycles. The minimum absolute atomic E-state index is 0.00848. The summed E-state index contributed by atoms with van der Waals surface area (Å²) in [7, 11) is 2.84. The molecule has 10 nitrogen and oxygen atoms in total. The summed E-state index contributed by atoms with van der Waals surface area (Å²) in [4.78, 5) is 35.7. The highest BCUT2D eigenvalue weighted by molar-refractivity contribution is 6.31. The number of nitrogens with zero attached hydrogens (tertiary/aromatic N) is 5. The summed E-state index contributed by atoms with van der Waals surface area (Å²) < 4.78 is 56.3. The average Bonchev–Trinajstić information content (AvgIpc) is 3.49. The van der Waals surface area contributed by atoms with E-state index in [2.05, 4.69) is 20.2 Å². The summed E-state index contributed by atoms with van der Waals surface area (Å²) in [6, 6.07) is 9.87. The van der Waals surface area contributed by atoms with E-state index >= 15 is 0 Å².